The molecule has 2 aliphatic heterocycles. The molecule has 2 aliphatic rings. The van der Waals surface area contributed by atoms with Crippen molar-refractivity contribution >= 4 is 0 Å². The molecule has 2 aromatic carbocycles. The number of epoxide rings is 2. The van der Waals surface area contributed by atoms with Crippen LogP contribution in [0.2, 0.25) is 0 Å². The second-order valence-electron chi connectivity index (χ2n) is 16.5. The normalized spacial score (nSPS) is 19.3. The van der Waals surface area contributed by atoms with E-state index < -0.39 is 27.7 Å². The third-order valence-corrected chi connectivity index (χ3v) is 9.99. The number of aliphatic hydroxyl groups is 1. The first-order valence-electron chi connectivity index (χ1n) is 16.2. The van der Waals surface area contributed by atoms with Gasteiger partial charge in [0.1, 0.15) is 18.5 Å². The molecule has 45 heavy (non-hydrogen) atoms. The van der Waals surface area contributed by atoms with Gasteiger partial charge in [-0.25, -0.2) is 0 Å². The number of hydrogen-bond donors (Lipinski definition) is 1. The van der Waals surface area contributed by atoms with E-state index in [2.05, 4.69) is 107 Å². The van der Waals surface area contributed by atoms with Gasteiger partial charge in [-0.2, -0.15) is 0 Å². The molecule has 0 bridgehead atoms. The molecule has 0 aromatic heterocycles. The molecule has 0 spiro atoms. The van der Waals surface area contributed by atoms with Crippen molar-refractivity contribution in [3.05, 3.63) is 46.5 Å². The van der Waals surface area contributed by atoms with Crippen LogP contribution in [-0.4, -0.2) is 60.9 Å². The van der Waals surface area contributed by atoms with Gasteiger partial charge < -0.3 is 9.47 Å². The maximum atomic E-state index is 11.1. The molecule has 254 valence electrons. The SMILES string of the molecule is CC(C)(C)c1cc(OCC2CO2)c(C(C)(C)C)cc1OCC(O)COc1cc(C(C)(C)C)c(O[I-]CC2CO2)cc1C(C)(C)C. The molecular formula is C37H56IO7-. The van der Waals surface area contributed by atoms with E-state index in [0.717, 1.165) is 62.9 Å². The Labute approximate surface area is 282 Å². The molecule has 4 rings (SSSR count). The zero-order valence-corrected chi connectivity index (χ0v) is 31.7. The predicted molar refractivity (Wildman–Crippen MR) is 175 cm³/mol. The summed E-state index contributed by atoms with van der Waals surface area (Å²) in [6.45, 7) is 28.5. The van der Waals surface area contributed by atoms with Crippen LogP contribution in [-0.2, 0) is 31.1 Å². The minimum atomic E-state index is -0.829. The summed E-state index contributed by atoms with van der Waals surface area (Å²) in [4.78, 5) is 0. The van der Waals surface area contributed by atoms with E-state index in [-0.39, 0.29) is 41.0 Å². The molecule has 0 aliphatic carbocycles. The van der Waals surface area contributed by atoms with Crippen molar-refractivity contribution in [2.75, 3.05) is 37.5 Å². The monoisotopic (exact) mass is 739 g/mol. The van der Waals surface area contributed by atoms with E-state index in [1.54, 1.807) is 0 Å². The fraction of sp³-hybridized carbons (Fsp3) is 0.676. The van der Waals surface area contributed by atoms with Gasteiger partial charge in [-0.15, -0.1) is 0 Å². The van der Waals surface area contributed by atoms with E-state index in [9.17, 15) is 5.11 Å². The Kier molecular flexibility index (Phi) is 11.0. The van der Waals surface area contributed by atoms with Gasteiger partial charge in [-0.05, 0) is 16.9 Å². The van der Waals surface area contributed by atoms with Crippen molar-refractivity contribution in [2.24, 2.45) is 0 Å². The number of rotatable bonds is 13. The molecule has 0 saturated carbocycles. The summed E-state index contributed by atoms with van der Waals surface area (Å²) >= 11 is -0.465. The number of hydrogen-bond acceptors (Lipinski definition) is 7. The number of halogens is 1. The molecule has 0 amide bonds. The molecule has 3 unspecified atom stereocenters. The number of ether oxygens (including phenoxy) is 5. The summed E-state index contributed by atoms with van der Waals surface area (Å²) in [6.07, 6.45) is -0.282. The molecule has 2 aromatic rings. The van der Waals surface area contributed by atoms with Crippen LogP contribution in [0, 0.1) is 0 Å². The van der Waals surface area contributed by atoms with Gasteiger partial charge in [0.2, 0.25) is 0 Å². The molecule has 0 radical (unpaired) electrons. The zero-order chi connectivity index (χ0) is 33.4. The van der Waals surface area contributed by atoms with Crippen LogP contribution in [0.1, 0.15) is 105 Å². The molecule has 2 heterocycles. The summed E-state index contributed by atoms with van der Waals surface area (Å²) in [6, 6.07) is 8.45. The fourth-order valence-corrected chi connectivity index (χ4v) is 6.76. The summed E-state index contributed by atoms with van der Waals surface area (Å²) in [7, 11) is 0. The zero-order valence-electron chi connectivity index (χ0n) is 29.6. The van der Waals surface area contributed by atoms with Crippen LogP contribution >= 0.6 is 0 Å². The predicted octanol–water partition coefficient (Wildman–Crippen LogP) is 4.25. The summed E-state index contributed by atoms with van der Waals surface area (Å²) in [5.74, 6) is 3.32. The first-order valence-corrected chi connectivity index (χ1v) is 18.6. The summed E-state index contributed by atoms with van der Waals surface area (Å²) in [5.41, 5.74) is 3.60. The Morgan fingerprint density at radius 2 is 0.978 bits per heavy atom. The molecule has 3 atom stereocenters. The Morgan fingerprint density at radius 3 is 1.36 bits per heavy atom. The van der Waals surface area contributed by atoms with Crippen molar-refractivity contribution in [1.82, 2.24) is 0 Å². The number of aliphatic hydroxyl groups excluding tert-OH is 1. The van der Waals surface area contributed by atoms with Gasteiger partial charge in [0.15, 0.2) is 0 Å². The van der Waals surface area contributed by atoms with Crippen molar-refractivity contribution in [3.8, 4) is 23.0 Å². The Hall–Kier alpha value is -1.75. The average Bonchev–Trinajstić information content (AvgIpc) is 3.83. The Balaban J connectivity index is 1.52. The summed E-state index contributed by atoms with van der Waals surface area (Å²) in [5, 5.41) is 11.1. The van der Waals surface area contributed by atoms with Crippen LogP contribution < -0.4 is 38.9 Å². The fourth-order valence-electron chi connectivity index (χ4n) is 4.97. The number of benzene rings is 2. The van der Waals surface area contributed by atoms with Gasteiger partial charge in [-0.1, -0.05) is 41.5 Å². The van der Waals surface area contributed by atoms with Crippen LogP contribution in [0.25, 0.3) is 0 Å². The van der Waals surface area contributed by atoms with Crippen LogP contribution in [0.4, 0.5) is 0 Å². The third-order valence-electron chi connectivity index (χ3n) is 7.86. The summed E-state index contributed by atoms with van der Waals surface area (Å²) < 4.78 is 37.2. The van der Waals surface area contributed by atoms with Gasteiger partial charge in [-0.3, -0.25) is 0 Å². The molecular weight excluding hydrogens is 683 g/mol. The van der Waals surface area contributed by atoms with Gasteiger partial charge in [0.25, 0.3) is 0 Å². The van der Waals surface area contributed by atoms with Crippen molar-refractivity contribution in [1.29, 1.82) is 0 Å². The van der Waals surface area contributed by atoms with E-state index in [0.29, 0.717) is 12.7 Å². The van der Waals surface area contributed by atoms with E-state index in [1.807, 2.05) is 0 Å². The van der Waals surface area contributed by atoms with Gasteiger partial charge >= 0.3 is 185 Å². The van der Waals surface area contributed by atoms with Gasteiger partial charge in [0, 0.05) is 5.56 Å². The van der Waals surface area contributed by atoms with Crippen LogP contribution in [0.15, 0.2) is 24.3 Å². The maximum absolute atomic E-state index is 11.1. The van der Waals surface area contributed by atoms with Crippen LogP contribution in [0.5, 0.6) is 23.0 Å². The second-order valence-corrected chi connectivity index (χ2v) is 18.5. The van der Waals surface area contributed by atoms with Crippen molar-refractivity contribution in [3.63, 3.8) is 0 Å². The van der Waals surface area contributed by atoms with Gasteiger partial charge in [0.05, 0.1) is 6.61 Å². The minimum absolute atomic E-state index is 0.106. The Bertz CT molecular complexity index is 1300. The van der Waals surface area contributed by atoms with E-state index in [4.69, 9.17) is 26.8 Å². The molecule has 1 N–H and O–H groups in total. The van der Waals surface area contributed by atoms with Crippen LogP contribution in [0.3, 0.4) is 0 Å². The first kappa shape index (κ1) is 36.1. The molecule has 7 nitrogen and oxygen atoms in total. The third kappa shape index (κ3) is 10.4. The topological polar surface area (TPSA) is 82.2 Å². The van der Waals surface area contributed by atoms with Crippen molar-refractivity contribution in [2.45, 2.75) is 123 Å². The Morgan fingerprint density at radius 1 is 0.622 bits per heavy atom. The van der Waals surface area contributed by atoms with E-state index in [1.165, 1.54) is 0 Å². The number of alkyl halides is 1. The molecule has 2 fully saturated rings. The average molecular weight is 740 g/mol. The second kappa shape index (κ2) is 13.8. The van der Waals surface area contributed by atoms with E-state index >= 15 is 0 Å². The quantitative estimate of drug-likeness (QED) is 0.187. The molecule has 2 saturated heterocycles. The first-order chi connectivity index (χ1) is 20.7. The molecule has 8 heteroatoms. The standard InChI is InChI=1S/C37H56IO7/c1-34(2,3)26-14-32(44-22-25-21-41-25)27(35(4,5)6)13-30(26)42-18-23(39)19-43-31-15-29(37(10,11)12)33(16-28(31)36(7,8)9)45-38-17-24-20-40-24/h13-16,23-25,39H,17-22H2,1-12H3/q-1. The van der Waals surface area contributed by atoms with Crippen molar-refractivity contribution < 1.29 is 53.5 Å².